The molecule has 0 radical (unpaired) electrons. The maximum Gasteiger partial charge on any atom is 0.250 e. The second-order valence-electron chi connectivity index (χ2n) is 4.00. The lowest BCUT2D eigenvalue weighted by Gasteiger charge is -2.13. The van der Waals surface area contributed by atoms with Gasteiger partial charge in [0.25, 0.3) is 5.91 Å². The summed E-state index contributed by atoms with van der Waals surface area (Å²) in [6.07, 6.45) is 1.55. The van der Waals surface area contributed by atoms with Gasteiger partial charge >= 0.3 is 0 Å². The third-order valence-electron chi connectivity index (χ3n) is 2.59. The Bertz CT molecular complexity index is 644. The molecule has 0 aliphatic heterocycles. The van der Waals surface area contributed by atoms with Gasteiger partial charge < -0.3 is 21.5 Å². The first-order valence-corrected chi connectivity index (χ1v) is 6.05. The maximum atomic E-state index is 11.4. The highest BCUT2D eigenvalue weighted by molar-refractivity contribution is 6.34. The van der Waals surface area contributed by atoms with Crippen molar-refractivity contribution in [2.24, 2.45) is 5.73 Å². The van der Waals surface area contributed by atoms with Crippen molar-refractivity contribution in [1.82, 2.24) is 4.98 Å². The number of amides is 1. The second-order valence-corrected chi connectivity index (χ2v) is 4.41. The average molecular weight is 293 g/mol. The molecule has 0 fully saturated rings. The van der Waals surface area contributed by atoms with Gasteiger partial charge in [0.1, 0.15) is 0 Å². The largest absolute Gasteiger partial charge is 0.481 e. The number of nitrogens with zero attached hydrogens (tertiary/aromatic N) is 1. The van der Waals surface area contributed by atoms with Crippen LogP contribution in [0.4, 0.5) is 17.1 Å². The highest BCUT2D eigenvalue weighted by Crippen LogP contribution is 2.31. The van der Waals surface area contributed by atoms with Crippen LogP contribution < -0.4 is 21.5 Å². The maximum absolute atomic E-state index is 11.4. The first-order chi connectivity index (χ1) is 9.51. The van der Waals surface area contributed by atoms with Crippen LogP contribution in [-0.4, -0.2) is 18.0 Å². The summed E-state index contributed by atoms with van der Waals surface area (Å²) >= 11 is 6.09. The number of methoxy groups -OCH3 is 1. The number of hydrogen-bond acceptors (Lipinski definition) is 5. The van der Waals surface area contributed by atoms with E-state index in [1.54, 1.807) is 18.3 Å². The van der Waals surface area contributed by atoms with E-state index in [4.69, 9.17) is 27.8 Å². The fraction of sp³-hybridized carbons (Fsp3) is 0.0769. The van der Waals surface area contributed by atoms with E-state index >= 15 is 0 Å². The number of pyridine rings is 1. The quantitative estimate of drug-likeness (QED) is 0.749. The van der Waals surface area contributed by atoms with Gasteiger partial charge in [0.2, 0.25) is 5.88 Å². The number of benzene rings is 1. The molecule has 0 spiro atoms. The zero-order valence-corrected chi connectivity index (χ0v) is 11.4. The third-order valence-corrected chi connectivity index (χ3v) is 2.89. The van der Waals surface area contributed by atoms with E-state index in [-0.39, 0.29) is 5.56 Å². The number of ether oxygens (including phenoxy) is 1. The molecule has 1 aromatic heterocycles. The SMILES string of the molecule is COc1ccc(Nc2c(Cl)cc(N)cc2C(N)=O)cn1. The summed E-state index contributed by atoms with van der Waals surface area (Å²) in [6.45, 7) is 0. The topological polar surface area (TPSA) is 103 Å². The Labute approximate surface area is 120 Å². The number of nitrogens with one attached hydrogen (secondary N) is 1. The molecule has 2 rings (SSSR count). The van der Waals surface area contributed by atoms with E-state index in [2.05, 4.69) is 10.3 Å². The molecule has 104 valence electrons. The number of primary amides is 1. The summed E-state index contributed by atoms with van der Waals surface area (Å²) in [5, 5.41) is 3.29. The Morgan fingerprint density at radius 2 is 2.15 bits per heavy atom. The molecule has 6 nitrogen and oxygen atoms in total. The Hall–Kier alpha value is -2.47. The number of rotatable bonds is 4. The number of nitrogen functional groups attached to an aromatic ring is 1. The van der Waals surface area contributed by atoms with E-state index in [9.17, 15) is 4.79 Å². The van der Waals surface area contributed by atoms with Crippen LogP contribution in [0.3, 0.4) is 0 Å². The molecule has 0 bridgehead atoms. The molecule has 1 heterocycles. The molecule has 1 aromatic carbocycles. The Balaban J connectivity index is 2.39. The van der Waals surface area contributed by atoms with E-state index in [1.807, 2.05) is 0 Å². The zero-order chi connectivity index (χ0) is 14.7. The van der Waals surface area contributed by atoms with Crippen LogP contribution in [0.2, 0.25) is 5.02 Å². The molecule has 5 N–H and O–H groups in total. The molecular weight excluding hydrogens is 280 g/mol. The molecule has 0 saturated carbocycles. The van der Waals surface area contributed by atoms with Crippen molar-refractivity contribution < 1.29 is 9.53 Å². The molecule has 1 amide bonds. The summed E-state index contributed by atoms with van der Waals surface area (Å²) in [4.78, 5) is 15.5. The summed E-state index contributed by atoms with van der Waals surface area (Å²) < 4.78 is 4.97. The fourth-order valence-electron chi connectivity index (χ4n) is 1.67. The van der Waals surface area contributed by atoms with Gasteiger partial charge in [-0.25, -0.2) is 4.98 Å². The molecule has 7 heteroatoms. The van der Waals surface area contributed by atoms with Crippen LogP contribution in [0, 0.1) is 0 Å². The number of nitrogens with two attached hydrogens (primary N) is 2. The third kappa shape index (κ3) is 2.92. The number of aromatic nitrogens is 1. The molecule has 20 heavy (non-hydrogen) atoms. The van der Waals surface area contributed by atoms with E-state index in [1.165, 1.54) is 19.2 Å². The monoisotopic (exact) mass is 292 g/mol. The van der Waals surface area contributed by atoms with Gasteiger partial charge in [0.05, 0.1) is 35.3 Å². The van der Waals surface area contributed by atoms with Crippen LogP contribution in [0.25, 0.3) is 0 Å². The van der Waals surface area contributed by atoms with Gasteiger partial charge in [-0.15, -0.1) is 0 Å². The van der Waals surface area contributed by atoms with Gasteiger partial charge in [0.15, 0.2) is 0 Å². The number of hydrogen-bond donors (Lipinski definition) is 3. The first-order valence-electron chi connectivity index (χ1n) is 5.67. The number of halogens is 1. The van der Waals surface area contributed by atoms with Crippen molar-refractivity contribution in [3.8, 4) is 5.88 Å². The Morgan fingerprint density at radius 1 is 1.40 bits per heavy atom. The zero-order valence-electron chi connectivity index (χ0n) is 10.7. The molecule has 0 aliphatic rings. The molecular formula is C13H13ClN4O2. The van der Waals surface area contributed by atoms with Crippen LogP contribution in [-0.2, 0) is 0 Å². The lowest BCUT2D eigenvalue weighted by atomic mass is 10.1. The number of anilines is 3. The molecule has 0 saturated heterocycles. The minimum absolute atomic E-state index is 0.214. The summed E-state index contributed by atoms with van der Waals surface area (Å²) in [5.74, 6) is -0.141. The average Bonchev–Trinajstić information content (AvgIpc) is 2.42. The first kappa shape index (κ1) is 14.0. The number of carbonyl (C=O) groups excluding carboxylic acids is 1. The van der Waals surface area contributed by atoms with Crippen molar-refractivity contribution in [3.05, 3.63) is 41.0 Å². The van der Waals surface area contributed by atoms with E-state index < -0.39 is 5.91 Å². The van der Waals surface area contributed by atoms with Gasteiger partial charge in [0, 0.05) is 11.8 Å². The summed E-state index contributed by atoms with van der Waals surface area (Å²) in [5.41, 5.74) is 12.6. The van der Waals surface area contributed by atoms with Crippen molar-refractivity contribution >= 4 is 34.6 Å². The van der Waals surface area contributed by atoms with Crippen molar-refractivity contribution in [1.29, 1.82) is 0 Å². The van der Waals surface area contributed by atoms with Crippen LogP contribution in [0.1, 0.15) is 10.4 Å². The van der Waals surface area contributed by atoms with Crippen molar-refractivity contribution in [2.45, 2.75) is 0 Å². The predicted molar refractivity (Wildman–Crippen MR) is 78.5 cm³/mol. The standard InChI is InChI=1S/C13H13ClN4O2/c1-20-11-3-2-8(6-17-11)18-12-9(13(16)19)4-7(15)5-10(12)14/h2-6,18H,15H2,1H3,(H2,16,19). The lowest BCUT2D eigenvalue weighted by Crippen LogP contribution is -2.14. The Morgan fingerprint density at radius 3 is 2.70 bits per heavy atom. The number of carbonyl (C=O) groups is 1. The smallest absolute Gasteiger partial charge is 0.250 e. The van der Waals surface area contributed by atoms with Crippen molar-refractivity contribution in [2.75, 3.05) is 18.2 Å². The van der Waals surface area contributed by atoms with Crippen LogP contribution in [0.15, 0.2) is 30.5 Å². The highest BCUT2D eigenvalue weighted by Gasteiger charge is 2.13. The minimum atomic E-state index is -0.622. The fourth-order valence-corrected chi connectivity index (χ4v) is 1.94. The predicted octanol–water partition coefficient (Wildman–Crippen LogP) is 2.17. The molecule has 2 aromatic rings. The summed E-state index contributed by atoms with van der Waals surface area (Å²) in [6, 6.07) is 6.42. The second kappa shape index (κ2) is 5.66. The van der Waals surface area contributed by atoms with Gasteiger partial charge in [-0.3, -0.25) is 4.79 Å². The van der Waals surface area contributed by atoms with Crippen molar-refractivity contribution in [3.63, 3.8) is 0 Å². The van der Waals surface area contributed by atoms with E-state index in [0.29, 0.717) is 28.0 Å². The van der Waals surface area contributed by atoms with Crippen LogP contribution in [0.5, 0.6) is 5.88 Å². The van der Waals surface area contributed by atoms with Gasteiger partial charge in [-0.2, -0.15) is 0 Å². The lowest BCUT2D eigenvalue weighted by molar-refractivity contribution is 0.100. The van der Waals surface area contributed by atoms with E-state index in [0.717, 1.165) is 0 Å². The van der Waals surface area contributed by atoms with Gasteiger partial charge in [-0.1, -0.05) is 11.6 Å². The minimum Gasteiger partial charge on any atom is -0.481 e. The van der Waals surface area contributed by atoms with Crippen LogP contribution >= 0.6 is 11.6 Å². The highest BCUT2D eigenvalue weighted by atomic mass is 35.5. The Kier molecular flexibility index (Phi) is 3.95. The molecule has 0 atom stereocenters. The molecule has 0 aliphatic carbocycles. The normalized spacial score (nSPS) is 10.1. The molecule has 0 unspecified atom stereocenters. The summed E-state index contributed by atoms with van der Waals surface area (Å²) in [7, 11) is 1.53. The van der Waals surface area contributed by atoms with Gasteiger partial charge in [-0.05, 0) is 18.2 Å².